The van der Waals surface area contributed by atoms with Crippen molar-refractivity contribution in [3.8, 4) is 17.3 Å². The molecule has 0 bridgehead atoms. The third kappa shape index (κ3) is 2.85. The van der Waals surface area contributed by atoms with Gasteiger partial charge in [-0.15, -0.1) is 0 Å². The molecule has 0 unspecified atom stereocenters. The highest BCUT2D eigenvalue weighted by Gasteiger charge is 2.49. The van der Waals surface area contributed by atoms with Crippen LogP contribution in [-0.2, 0) is 22.0 Å². The van der Waals surface area contributed by atoms with E-state index < -0.39 is 15.6 Å². The molecule has 2 aliphatic rings. The fraction of sp³-hybridized carbons (Fsp3) is 0.529. The SMILES string of the molecule is CCS(=O)(=O)N1CC(CC#N)(n2cc(-c3ncnc4c3CCN4CO)cn2)C1. The molecule has 2 aromatic rings. The predicted octanol–water partition coefficient (Wildman–Crippen LogP) is -0.0733. The first-order chi connectivity index (χ1) is 13.4. The van der Waals surface area contributed by atoms with E-state index in [1.165, 1.54) is 10.6 Å². The van der Waals surface area contributed by atoms with Gasteiger partial charge in [0.25, 0.3) is 0 Å². The number of nitriles is 1. The Hall–Kier alpha value is -2.55. The van der Waals surface area contributed by atoms with E-state index in [9.17, 15) is 18.8 Å². The summed E-state index contributed by atoms with van der Waals surface area (Å²) in [6.07, 6.45) is 5.86. The van der Waals surface area contributed by atoms with E-state index in [0.29, 0.717) is 6.54 Å². The quantitative estimate of drug-likeness (QED) is 0.710. The van der Waals surface area contributed by atoms with Crippen molar-refractivity contribution in [1.82, 2.24) is 24.1 Å². The molecule has 0 amide bonds. The minimum atomic E-state index is -3.29. The van der Waals surface area contributed by atoms with E-state index >= 15 is 0 Å². The van der Waals surface area contributed by atoms with Crippen LogP contribution in [0.2, 0.25) is 0 Å². The van der Waals surface area contributed by atoms with E-state index in [4.69, 9.17) is 0 Å². The highest BCUT2D eigenvalue weighted by atomic mass is 32.2. The molecule has 0 aromatic carbocycles. The average Bonchev–Trinajstić information content (AvgIpc) is 3.31. The molecule has 4 rings (SSSR count). The second-order valence-electron chi connectivity index (χ2n) is 7.08. The van der Waals surface area contributed by atoms with Gasteiger partial charge in [0.15, 0.2) is 0 Å². The first-order valence-electron chi connectivity index (χ1n) is 9.04. The number of rotatable bonds is 6. The van der Waals surface area contributed by atoms with E-state index in [-0.39, 0.29) is 32.0 Å². The van der Waals surface area contributed by atoms with Crippen LogP contribution in [-0.4, -0.2) is 69.7 Å². The summed E-state index contributed by atoms with van der Waals surface area (Å²) in [7, 11) is -3.29. The second-order valence-corrected chi connectivity index (χ2v) is 9.34. The van der Waals surface area contributed by atoms with Gasteiger partial charge < -0.3 is 10.0 Å². The normalized spacial score (nSPS) is 18.5. The Balaban J connectivity index is 1.65. The van der Waals surface area contributed by atoms with Gasteiger partial charge >= 0.3 is 0 Å². The lowest BCUT2D eigenvalue weighted by molar-refractivity contribution is 0.0719. The highest BCUT2D eigenvalue weighted by Crippen LogP contribution is 2.37. The zero-order valence-corrected chi connectivity index (χ0v) is 16.3. The number of hydrogen-bond donors (Lipinski definition) is 1. The second kappa shape index (κ2) is 6.80. The number of anilines is 1. The largest absolute Gasteiger partial charge is 0.376 e. The third-order valence-electron chi connectivity index (χ3n) is 5.47. The molecule has 10 nitrogen and oxygen atoms in total. The minimum Gasteiger partial charge on any atom is -0.376 e. The number of fused-ring (bicyclic) bond motifs is 1. The van der Waals surface area contributed by atoms with Crippen LogP contribution in [0.15, 0.2) is 18.7 Å². The lowest BCUT2D eigenvalue weighted by Gasteiger charge is -2.47. The van der Waals surface area contributed by atoms with Crippen molar-refractivity contribution in [1.29, 1.82) is 5.26 Å². The van der Waals surface area contributed by atoms with Gasteiger partial charge in [-0.1, -0.05) is 0 Å². The summed E-state index contributed by atoms with van der Waals surface area (Å²) in [5, 5.41) is 23.2. The molecule has 2 aromatic heterocycles. The van der Waals surface area contributed by atoms with Crippen LogP contribution in [0.25, 0.3) is 11.3 Å². The highest BCUT2D eigenvalue weighted by molar-refractivity contribution is 7.89. The molecule has 11 heteroatoms. The zero-order valence-electron chi connectivity index (χ0n) is 15.5. The number of aliphatic hydroxyl groups is 1. The Morgan fingerprint density at radius 2 is 2.14 bits per heavy atom. The first kappa shape index (κ1) is 18.8. The molecule has 0 aliphatic carbocycles. The molecule has 28 heavy (non-hydrogen) atoms. The Morgan fingerprint density at radius 3 is 2.82 bits per heavy atom. The molecule has 2 aliphatic heterocycles. The molecule has 1 fully saturated rings. The summed E-state index contributed by atoms with van der Waals surface area (Å²) in [5.41, 5.74) is 1.82. The summed E-state index contributed by atoms with van der Waals surface area (Å²) in [5.74, 6) is 0.755. The Bertz CT molecular complexity index is 1040. The van der Waals surface area contributed by atoms with Gasteiger partial charge in [0.1, 0.15) is 24.4 Å². The van der Waals surface area contributed by atoms with Gasteiger partial charge in [0.2, 0.25) is 10.0 Å². The monoisotopic (exact) mass is 403 g/mol. The number of aliphatic hydroxyl groups excluding tert-OH is 1. The van der Waals surface area contributed by atoms with Crippen molar-refractivity contribution in [2.45, 2.75) is 25.3 Å². The molecule has 1 N–H and O–H groups in total. The maximum absolute atomic E-state index is 12.1. The number of nitrogens with zero attached hydrogens (tertiary/aromatic N) is 7. The molecule has 148 valence electrons. The number of sulfonamides is 1. The van der Waals surface area contributed by atoms with Gasteiger partial charge in [-0.3, -0.25) is 4.68 Å². The molecule has 0 saturated carbocycles. The maximum atomic E-state index is 12.1. The first-order valence-corrected chi connectivity index (χ1v) is 10.6. The molecule has 0 spiro atoms. The van der Waals surface area contributed by atoms with Gasteiger partial charge in [0.05, 0.1) is 30.1 Å². The minimum absolute atomic E-state index is 0.0361. The molecule has 0 radical (unpaired) electrons. The predicted molar refractivity (Wildman–Crippen MR) is 101 cm³/mol. The third-order valence-corrected chi connectivity index (χ3v) is 7.25. The van der Waals surface area contributed by atoms with Crippen LogP contribution in [0.3, 0.4) is 0 Å². The topological polar surface area (TPSA) is 128 Å². The maximum Gasteiger partial charge on any atom is 0.213 e. The fourth-order valence-electron chi connectivity index (χ4n) is 3.82. The van der Waals surface area contributed by atoms with Crippen LogP contribution < -0.4 is 4.90 Å². The lowest BCUT2D eigenvalue weighted by atomic mass is 9.89. The van der Waals surface area contributed by atoms with Crippen molar-refractivity contribution in [2.24, 2.45) is 0 Å². The van der Waals surface area contributed by atoms with Crippen LogP contribution >= 0.6 is 0 Å². The molecular formula is C17H21N7O3S. The molecular weight excluding hydrogens is 382 g/mol. The number of aromatic nitrogens is 4. The van der Waals surface area contributed by atoms with E-state index in [0.717, 1.165) is 29.1 Å². The van der Waals surface area contributed by atoms with Crippen LogP contribution in [0.5, 0.6) is 0 Å². The molecule has 1 saturated heterocycles. The van der Waals surface area contributed by atoms with Gasteiger partial charge in [-0.05, 0) is 13.3 Å². The van der Waals surface area contributed by atoms with E-state index in [1.54, 1.807) is 22.7 Å². The number of hydrogen-bond acceptors (Lipinski definition) is 8. The van der Waals surface area contributed by atoms with Crippen molar-refractivity contribution in [2.75, 3.05) is 37.0 Å². The molecule has 0 atom stereocenters. The van der Waals surface area contributed by atoms with Crippen molar-refractivity contribution < 1.29 is 13.5 Å². The van der Waals surface area contributed by atoms with Gasteiger partial charge in [-0.25, -0.2) is 18.4 Å². The standard InChI is InChI=1S/C17H21N7O3S/c1-2-28(26,27)23-9-17(10-23,4-5-18)24-8-13(7-21-24)15-14-3-6-22(12-25)16(14)20-11-19-15/h7-8,11,25H,2-4,6,9-10,12H2,1H3. The van der Waals surface area contributed by atoms with Crippen molar-refractivity contribution >= 4 is 15.8 Å². The summed E-state index contributed by atoms with van der Waals surface area (Å²) in [6.45, 7) is 2.65. The van der Waals surface area contributed by atoms with Crippen LogP contribution in [0.4, 0.5) is 5.82 Å². The average molecular weight is 403 g/mol. The van der Waals surface area contributed by atoms with Gasteiger partial charge in [0, 0.05) is 37.0 Å². The summed E-state index contributed by atoms with van der Waals surface area (Å²) < 4.78 is 27.3. The van der Waals surface area contributed by atoms with Crippen molar-refractivity contribution in [3.05, 3.63) is 24.3 Å². The summed E-state index contributed by atoms with van der Waals surface area (Å²) in [6, 6.07) is 2.16. The Kier molecular flexibility index (Phi) is 4.57. The summed E-state index contributed by atoms with van der Waals surface area (Å²) >= 11 is 0. The zero-order chi connectivity index (χ0) is 19.9. The van der Waals surface area contributed by atoms with Crippen LogP contribution in [0, 0.1) is 11.3 Å². The van der Waals surface area contributed by atoms with E-state index in [2.05, 4.69) is 21.1 Å². The lowest BCUT2D eigenvalue weighted by Crippen LogP contribution is -2.64. The Labute approximate surface area is 163 Å². The molecule has 4 heterocycles. The van der Waals surface area contributed by atoms with E-state index in [1.807, 2.05) is 6.20 Å². The van der Waals surface area contributed by atoms with Gasteiger partial charge in [-0.2, -0.15) is 14.7 Å². The van der Waals surface area contributed by atoms with Crippen LogP contribution in [0.1, 0.15) is 18.9 Å². The fourth-order valence-corrected chi connectivity index (χ4v) is 5.06. The Morgan fingerprint density at radius 1 is 1.36 bits per heavy atom. The van der Waals surface area contributed by atoms with Crippen molar-refractivity contribution in [3.63, 3.8) is 0 Å². The smallest absolute Gasteiger partial charge is 0.213 e. The summed E-state index contributed by atoms with van der Waals surface area (Å²) in [4.78, 5) is 10.4.